The molecule has 27 heavy (non-hydrogen) atoms. The number of hydrogen-bond donors (Lipinski definition) is 1. The number of nitro benzene ring substituents is 1. The van der Waals surface area contributed by atoms with Crippen molar-refractivity contribution < 1.29 is 23.6 Å². The third-order valence-corrected chi connectivity index (χ3v) is 4.31. The van der Waals surface area contributed by atoms with E-state index in [1.165, 1.54) is 11.1 Å². The summed E-state index contributed by atoms with van der Waals surface area (Å²) in [5.41, 5.74) is 2.64. The van der Waals surface area contributed by atoms with Crippen LogP contribution in [0.1, 0.15) is 23.1 Å². The molecular weight excluding hydrogens is 355 g/mol. The first-order valence-electron chi connectivity index (χ1n) is 8.42. The van der Waals surface area contributed by atoms with Crippen molar-refractivity contribution in [3.63, 3.8) is 0 Å². The molecule has 7 nitrogen and oxygen atoms in total. The molecule has 0 atom stereocenters. The van der Waals surface area contributed by atoms with E-state index in [2.05, 4.69) is 5.32 Å². The second-order valence-electron chi connectivity index (χ2n) is 6.26. The summed E-state index contributed by atoms with van der Waals surface area (Å²) in [6.07, 6.45) is 3.19. The molecule has 0 radical (unpaired) electrons. The zero-order valence-electron chi connectivity index (χ0n) is 14.4. The van der Waals surface area contributed by atoms with Crippen LogP contribution < -0.4 is 5.32 Å². The molecular formula is C19H17FN2O5. The van der Waals surface area contributed by atoms with Crippen molar-refractivity contribution in [2.24, 2.45) is 0 Å². The number of esters is 1. The van der Waals surface area contributed by atoms with Crippen molar-refractivity contribution >= 4 is 23.3 Å². The Bertz CT molecular complexity index is 913. The molecule has 0 unspecified atom stereocenters. The van der Waals surface area contributed by atoms with Crippen molar-refractivity contribution in [2.45, 2.75) is 25.7 Å². The summed E-state index contributed by atoms with van der Waals surface area (Å²) in [6, 6.07) is 8.61. The van der Waals surface area contributed by atoms with Crippen LogP contribution in [0.25, 0.3) is 0 Å². The zero-order chi connectivity index (χ0) is 19.4. The van der Waals surface area contributed by atoms with Gasteiger partial charge in [0, 0.05) is 12.1 Å². The number of benzene rings is 2. The van der Waals surface area contributed by atoms with E-state index in [0.717, 1.165) is 43.0 Å². The van der Waals surface area contributed by atoms with Crippen molar-refractivity contribution in [1.82, 2.24) is 0 Å². The maximum absolute atomic E-state index is 13.6. The summed E-state index contributed by atoms with van der Waals surface area (Å²) >= 11 is 0. The van der Waals surface area contributed by atoms with Crippen molar-refractivity contribution in [2.75, 3.05) is 11.9 Å². The van der Waals surface area contributed by atoms with Gasteiger partial charge in [-0.1, -0.05) is 18.2 Å². The first-order valence-corrected chi connectivity index (χ1v) is 8.42. The summed E-state index contributed by atoms with van der Waals surface area (Å²) in [5, 5.41) is 12.9. The lowest BCUT2D eigenvalue weighted by atomic mass is 10.0. The standard InChI is InChI=1S/C19H17FN2O5/c20-16-7-6-15(22(25)26)10-17(16)21-18(23)11-27-19(24)9-12-4-5-13-2-1-3-14(13)8-12/h4-8,10H,1-3,9,11H2,(H,21,23). The molecule has 2 aromatic carbocycles. The highest BCUT2D eigenvalue weighted by molar-refractivity contribution is 5.93. The van der Waals surface area contributed by atoms with Crippen LogP contribution in [0.5, 0.6) is 0 Å². The summed E-state index contributed by atoms with van der Waals surface area (Å²) in [5.74, 6) is -2.18. The minimum atomic E-state index is -0.821. The number of carbonyl (C=O) groups excluding carboxylic acids is 2. The second-order valence-corrected chi connectivity index (χ2v) is 6.26. The molecule has 0 aliphatic heterocycles. The van der Waals surface area contributed by atoms with Crippen LogP contribution in [-0.4, -0.2) is 23.4 Å². The number of fused-ring (bicyclic) bond motifs is 1. The lowest BCUT2D eigenvalue weighted by Gasteiger charge is -2.08. The molecule has 0 bridgehead atoms. The molecule has 0 saturated carbocycles. The molecule has 3 rings (SSSR count). The fourth-order valence-electron chi connectivity index (χ4n) is 3.01. The Morgan fingerprint density at radius 1 is 1.15 bits per heavy atom. The minimum absolute atomic E-state index is 0.0335. The van der Waals surface area contributed by atoms with Gasteiger partial charge < -0.3 is 10.1 Å². The molecule has 1 aliphatic carbocycles. The highest BCUT2D eigenvalue weighted by atomic mass is 19.1. The predicted molar refractivity (Wildman–Crippen MR) is 94.8 cm³/mol. The summed E-state index contributed by atoms with van der Waals surface area (Å²) in [6.45, 7) is -0.605. The number of amides is 1. The van der Waals surface area contributed by atoms with Crippen LogP contribution in [0.2, 0.25) is 0 Å². The highest BCUT2D eigenvalue weighted by Crippen LogP contribution is 2.23. The van der Waals surface area contributed by atoms with E-state index in [1.54, 1.807) is 0 Å². The molecule has 8 heteroatoms. The van der Waals surface area contributed by atoms with Gasteiger partial charge in [-0.2, -0.15) is 0 Å². The smallest absolute Gasteiger partial charge is 0.310 e. The van der Waals surface area contributed by atoms with Crippen LogP contribution in [0, 0.1) is 15.9 Å². The zero-order valence-corrected chi connectivity index (χ0v) is 14.4. The van der Waals surface area contributed by atoms with E-state index in [0.29, 0.717) is 0 Å². The maximum atomic E-state index is 13.6. The Hall–Kier alpha value is -3.29. The summed E-state index contributed by atoms with van der Waals surface area (Å²) in [4.78, 5) is 33.8. The lowest BCUT2D eigenvalue weighted by Crippen LogP contribution is -2.22. The molecule has 2 aromatic rings. The average molecular weight is 372 g/mol. The fraction of sp³-hybridized carbons (Fsp3) is 0.263. The highest BCUT2D eigenvalue weighted by Gasteiger charge is 2.16. The van der Waals surface area contributed by atoms with Gasteiger partial charge in [-0.05, 0) is 42.0 Å². The van der Waals surface area contributed by atoms with Gasteiger partial charge in [0.25, 0.3) is 11.6 Å². The number of carbonyl (C=O) groups is 2. The van der Waals surface area contributed by atoms with E-state index in [-0.39, 0.29) is 17.8 Å². The van der Waals surface area contributed by atoms with Gasteiger partial charge in [-0.15, -0.1) is 0 Å². The van der Waals surface area contributed by atoms with Crippen molar-refractivity contribution in [3.8, 4) is 0 Å². The Morgan fingerprint density at radius 2 is 1.93 bits per heavy atom. The number of nitrogens with zero attached hydrogens (tertiary/aromatic N) is 1. The molecule has 0 spiro atoms. The number of non-ortho nitro benzene ring substituents is 1. The average Bonchev–Trinajstić information content (AvgIpc) is 3.09. The van der Waals surface area contributed by atoms with Crippen LogP contribution in [0.4, 0.5) is 15.8 Å². The van der Waals surface area contributed by atoms with Crippen molar-refractivity contribution in [3.05, 3.63) is 69.0 Å². The van der Waals surface area contributed by atoms with Gasteiger partial charge >= 0.3 is 5.97 Å². The Labute approximate surface area is 154 Å². The molecule has 1 aliphatic rings. The van der Waals surface area contributed by atoms with E-state index in [9.17, 15) is 24.1 Å². The van der Waals surface area contributed by atoms with Gasteiger partial charge in [0.15, 0.2) is 6.61 Å². The number of nitro groups is 1. The monoisotopic (exact) mass is 372 g/mol. The normalized spacial score (nSPS) is 12.3. The van der Waals surface area contributed by atoms with Gasteiger partial charge in [-0.25, -0.2) is 4.39 Å². The van der Waals surface area contributed by atoms with Crippen LogP contribution >= 0.6 is 0 Å². The molecule has 140 valence electrons. The minimum Gasteiger partial charge on any atom is -0.455 e. The number of nitrogens with one attached hydrogen (secondary N) is 1. The van der Waals surface area contributed by atoms with Gasteiger partial charge in [0.05, 0.1) is 17.0 Å². The number of anilines is 1. The number of hydrogen-bond acceptors (Lipinski definition) is 5. The van der Waals surface area contributed by atoms with Gasteiger partial charge in [0.2, 0.25) is 0 Å². The van der Waals surface area contributed by atoms with Gasteiger partial charge in [-0.3, -0.25) is 19.7 Å². The molecule has 1 N–H and O–H groups in total. The third kappa shape index (κ3) is 4.66. The molecule has 0 fully saturated rings. The fourth-order valence-corrected chi connectivity index (χ4v) is 3.01. The Kier molecular flexibility index (Phi) is 5.44. The Balaban J connectivity index is 1.52. The van der Waals surface area contributed by atoms with Crippen molar-refractivity contribution in [1.29, 1.82) is 0 Å². The number of aryl methyl sites for hydroxylation is 2. The first-order chi connectivity index (χ1) is 12.9. The van der Waals surface area contributed by atoms with E-state index < -0.39 is 29.2 Å². The van der Waals surface area contributed by atoms with E-state index in [1.807, 2.05) is 18.2 Å². The van der Waals surface area contributed by atoms with E-state index >= 15 is 0 Å². The summed E-state index contributed by atoms with van der Waals surface area (Å²) in [7, 11) is 0. The predicted octanol–water partition coefficient (Wildman–Crippen LogP) is 2.95. The van der Waals surface area contributed by atoms with Crippen LogP contribution in [-0.2, 0) is 33.6 Å². The topological polar surface area (TPSA) is 98.5 Å². The summed E-state index contributed by atoms with van der Waals surface area (Å²) < 4.78 is 18.6. The number of ether oxygens (including phenoxy) is 1. The Morgan fingerprint density at radius 3 is 2.70 bits per heavy atom. The van der Waals surface area contributed by atoms with E-state index in [4.69, 9.17) is 4.74 Å². The van der Waals surface area contributed by atoms with Gasteiger partial charge in [0.1, 0.15) is 5.82 Å². The molecule has 0 heterocycles. The second kappa shape index (κ2) is 7.94. The molecule has 0 aromatic heterocycles. The first kappa shape index (κ1) is 18.5. The quantitative estimate of drug-likeness (QED) is 0.478. The largest absolute Gasteiger partial charge is 0.455 e. The molecule has 1 amide bonds. The van der Waals surface area contributed by atoms with Crippen LogP contribution in [0.15, 0.2) is 36.4 Å². The lowest BCUT2D eigenvalue weighted by molar-refractivity contribution is -0.384. The molecule has 0 saturated heterocycles. The van der Waals surface area contributed by atoms with Crippen LogP contribution in [0.3, 0.4) is 0 Å². The number of rotatable bonds is 6. The third-order valence-electron chi connectivity index (χ3n) is 4.31. The number of halogens is 1. The maximum Gasteiger partial charge on any atom is 0.310 e. The SMILES string of the molecule is O=C(COC(=O)Cc1ccc2c(c1)CCC2)Nc1cc([N+](=O)[O-])ccc1F.